The van der Waals surface area contributed by atoms with E-state index in [2.05, 4.69) is 4.74 Å². The molecule has 7 heavy (non-hydrogen) atoms. The van der Waals surface area contributed by atoms with E-state index in [0.29, 0.717) is 0 Å². The first-order chi connectivity index (χ1) is 3.18. The number of carbonyl (C=O) groups is 1. The molecular formula is C3H5ClO3. The number of carboxylic acid groups (broad SMARTS) is 1. The third-order valence-corrected chi connectivity index (χ3v) is 0.766. The highest BCUT2D eigenvalue weighted by molar-refractivity contribution is 6.28. The van der Waals surface area contributed by atoms with Crippen LogP contribution in [0.1, 0.15) is 0 Å². The van der Waals surface area contributed by atoms with Crippen molar-refractivity contribution in [3.8, 4) is 0 Å². The van der Waals surface area contributed by atoms with Gasteiger partial charge in [0, 0.05) is 7.11 Å². The van der Waals surface area contributed by atoms with Crippen LogP contribution >= 0.6 is 11.6 Å². The normalized spacial score (nSPS) is 13.4. The Morgan fingerprint density at radius 3 is 2.43 bits per heavy atom. The maximum Gasteiger partial charge on any atom is 0.348 e. The van der Waals surface area contributed by atoms with Crippen molar-refractivity contribution in [2.75, 3.05) is 7.11 Å². The molecule has 1 N–H and O–H groups in total. The van der Waals surface area contributed by atoms with Gasteiger partial charge in [-0.05, 0) is 0 Å². The highest BCUT2D eigenvalue weighted by Crippen LogP contribution is 1.93. The monoisotopic (exact) mass is 124 g/mol. The van der Waals surface area contributed by atoms with E-state index in [1.807, 2.05) is 0 Å². The van der Waals surface area contributed by atoms with Crippen LogP contribution in [0.25, 0.3) is 0 Å². The van der Waals surface area contributed by atoms with Crippen LogP contribution in [0.15, 0.2) is 0 Å². The molecule has 0 aromatic heterocycles. The molecule has 3 nitrogen and oxygen atoms in total. The first-order valence-corrected chi connectivity index (χ1v) is 2.02. The van der Waals surface area contributed by atoms with Crippen molar-refractivity contribution in [2.24, 2.45) is 0 Å². The van der Waals surface area contributed by atoms with Crippen LogP contribution in [0.2, 0.25) is 0 Å². The van der Waals surface area contributed by atoms with Crippen LogP contribution in [-0.2, 0) is 9.53 Å². The number of alkyl halides is 1. The van der Waals surface area contributed by atoms with Crippen LogP contribution in [0.4, 0.5) is 0 Å². The number of aliphatic carboxylic acids is 1. The summed E-state index contributed by atoms with van der Waals surface area (Å²) in [4.78, 5) is 9.67. The van der Waals surface area contributed by atoms with E-state index in [4.69, 9.17) is 16.7 Å². The van der Waals surface area contributed by atoms with Crippen LogP contribution in [0.3, 0.4) is 0 Å². The van der Waals surface area contributed by atoms with Gasteiger partial charge in [0.25, 0.3) is 0 Å². The zero-order chi connectivity index (χ0) is 5.86. The third kappa shape index (κ3) is 2.42. The summed E-state index contributed by atoms with van der Waals surface area (Å²) in [5, 5.41) is 7.93. The van der Waals surface area contributed by atoms with Gasteiger partial charge in [-0.3, -0.25) is 0 Å². The third-order valence-electron chi connectivity index (χ3n) is 0.401. The van der Waals surface area contributed by atoms with Gasteiger partial charge >= 0.3 is 5.97 Å². The molecule has 0 bridgehead atoms. The van der Waals surface area contributed by atoms with Crippen molar-refractivity contribution in [1.82, 2.24) is 0 Å². The summed E-state index contributed by atoms with van der Waals surface area (Å²) in [6.07, 6.45) is 0. The zero-order valence-electron chi connectivity index (χ0n) is 3.72. The fourth-order valence-electron chi connectivity index (χ4n) is 0.101. The lowest BCUT2D eigenvalue weighted by molar-refractivity contribution is -0.143. The predicted molar refractivity (Wildman–Crippen MR) is 24.3 cm³/mol. The van der Waals surface area contributed by atoms with E-state index in [9.17, 15) is 4.79 Å². The molecule has 0 rings (SSSR count). The molecular weight excluding hydrogens is 119 g/mol. The standard InChI is InChI=1S/C3H5ClO3/c1-7-2(4)3(5)6/h2H,1H3,(H,5,6). The molecule has 1 atom stereocenters. The lowest BCUT2D eigenvalue weighted by atomic mass is 10.7. The lowest BCUT2D eigenvalue weighted by Crippen LogP contribution is -2.14. The number of hydrogen-bond donors (Lipinski definition) is 1. The Morgan fingerprint density at radius 2 is 2.43 bits per heavy atom. The average molecular weight is 125 g/mol. The van der Waals surface area contributed by atoms with E-state index >= 15 is 0 Å². The number of hydrogen-bond acceptors (Lipinski definition) is 2. The molecule has 0 aliphatic carbocycles. The van der Waals surface area contributed by atoms with Crippen LogP contribution in [0, 0.1) is 0 Å². The molecule has 0 radical (unpaired) electrons. The summed E-state index contributed by atoms with van der Waals surface area (Å²) in [7, 11) is 1.23. The first kappa shape index (κ1) is 6.72. The maximum atomic E-state index is 9.67. The molecule has 0 aromatic carbocycles. The molecule has 0 fully saturated rings. The molecule has 4 heteroatoms. The van der Waals surface area contributed by atoms with Gasteiger partial charge < -0.3 is 9.84 Å². The number of rotatable bonds is 2. The van der Waals surface area contributed by atoms with Gasteiger partial charge in [0.1, 0.15) is 0 Å². The Balaban J connectivity index is 3.34. The van der Waals surface area contributed by atoms with E-state index in [-0.39, 0.29) is 0 Å². The molecule has 0 saturated carbocycles. The van der Waals surface area contributed by atoms with E-state index in [0.717, 1.165) is 0 Å². The molecule has 42 valence electrons. The minimum Gasteiger partial charge on any atom is -0.478 e. The molecule has 0 heterocycles. The maximum absolute atomic E-state index is 9.67. The van der Waals surface area contributed by atoms with E-state index in [1.54, 1.807) is 0 Å². The molecule has 0 aliphatic rings. The summed E-state index contributed by atoms with van der Waals surface area (Å²) >= 11 is 4.98. The van der Waals surface area contributed by atoms with Crippen molar-refractivity contribution in [3.63, 3.8) is 0 Å². The van der Waals surface area contributed by atoms with E-state index < -0.39 is 11.5 Å². The minimum atomic E-state index is -1.21. The van der Waals surface area contributed by atoms with Gasteiger partial charge in [0.05, 0.1) is 0 Å². The fourth-order valence-corrected chi connectivity index (χ4v) is 0.101. The number of ether oxygens (including phenoxy) is 1. The van der Waals surface area contributed by atoms with Gasteiger partial charge in [0.15, 0.2) is 0 Å². The number of methoxy groups -OCH3 is 1. The summed E-state index contributed by atoms with van der Waals surface area (Å²) in [6.45, 7) is 0. The Hall–Kier alpha value is -0.280. The molecule has 0 spiro atoms. The van der Waals surface area contributed by atoms with Crippen molar-refractivity contribution >= 4 is 17.6 Å². The summed E-state index contributed by atoms with van der Waals surface area (Å²) in [6, 6.07) is 0. The van der Waals surface area contributed by atoms with Crippen LogP contribution < -0.4 is 0 Å². The molecule has 1 unspecified atom stereocenters. The van der Waals surface area contributed by atoms with E-state index in [1.165, 1.54) is 7.11 Å². The Labute approximate surface area is 45.8 Å². The summed E-state index contributed by atoms with van der Waals surface area (Å²) < 4.78 is 4.18. The second-order valence-corrected chi connectivity index (χ2v) is 1.29. The number of carboxylic acids is 1. The van der Waals surface area contributed by atoms with Crippen molar-refractivity contribution in [2.45, 2.75) is 5.56 Å². The van der Waals surface area contributed by atoms with Gasteiger partial charge in [0.2, 0.25) is 5.56 Å². The Kier molecular flexibility index (Phi) is 2.71. The van der Waals surface area contributed by atoms with Gasteiger partial charge in [-0.15, -0.1) is 0 Å². The summed E-state index contributed by atoms with van der Waals surface area (Å²) in [5.74, 6) is -1.16. The van der Waals surface area contributed by atoms with Gasteiger partial charge in [-0.25, -0.2) is 4.79 Å². The van der Waals surface area contributed by atoms with Crippen molar-refractivity contribution < 1.29 is 14.6 Å². The fraction of sp³-hybridized carbons (Fsp3) is 0.667. The Morgan fingerprint density at radius 1 is 2.00 bits per heavy atom. The van der Waals surface area contributed by atoms with Crippen LogP contribution in [0.5, 0.6) is 0 Å². The molecule has 0 aromatic rings. The van der Waals surface area contributed by atoms with Crippen molar-refractivity contribution in [1.29, 1.82) is 0 Å². The van der Waals surface area contributed by atoms with Gasteiger partial charge in [-0.1, -0.05) is 11.6 Å². The quantitative estimate of drug-likeness (QED) is 0.538. The SMILES string of the molecule is COC(Cl)C(=O)O. The average Bonchev–Trinajstić information content (AvgIpc) is 1.65. The highest BCUT2D eigenvalue weighted by Gasteiger charge is 2.09. The minimum absolute atomic E-state index is 1.16. The van der Waals surface area contributed by atoms with Crippen molar-refractivity contribution in [3.05, 3.63) is 0 Å². The summed E-state index contributed by atoms with van der Waals surface area (Å²) in [5.41, 5.74) is -1.21. The highest BCUT2D eigenvalue weighted by atomic mass is 35.5. The predicted octanol–water partition coefficient (Wildman–Crippen LogP) is 0.282. The number of halogens is 1. The largest absolute Gasteiger partial charge is 0.478 e. The second-order valence-electron chi connectivity index (χ2n) is 0.890. The van der Waals surface area contributed by atoms with Gasteiger partial charge in [-0.2, -0.15) is 0 Å². The second kappa shape index (κ2) is 2.82. The Bertz CT molecular complexity index is 72.6. The molecule has 0 aliphatic heterocycles. The smallest absolute Gasteiger partial charge is 0.348 e. The topological polar surface area (TPSA) is 46.5 Å². The zero-order valence-corrected chi connectivity index (χ0v) is 4.47. The first-order valence-electron chi connectivity index (χ1n) is 1.58. The molecule has 0 saturated heterocycles. The van der Waals surface area contributed by atoms with Crippen LogP contribution in [-0.4, -0.2) is 23.7 Å². The molecule has 0 amide bonds. The lowest BCUT2D eigenvalue weighted by Gasteiger charge is -1.96.